The Morgan fingerprint density at radius 2 is 1.81 bits per heavy atom. The lowest BCUT2D eigenvalue weighted by Gasteiger charge is -2.31. The summed E-state index contributed by atoms with van der Waals surface area (Å²) in [5.41, 5.74) is 4.94. The molecule has 3 aromatic carbocycles. The molecular formula is C31H31N3O3. The Balaban J connectivity index is 0.00000137. The summed E-state index contributed by atoms with van der Waals surface area (Å²) in [4.78, 5) is 19.8. The number of H-pyrrole nitrogens is 1. The van der Waals surface area contributed by atoms with Gasteiger partial charge in [-0.05, 0) is 58.5 Å². The molecule has 0 spiro atoms. The summed E-state index contributed by atoms with van der Waals surface area (Å²) in [7, 11) is 1.87. The van der Waals surface area contributed by atoms with E-state index in [0.29, 0.717) is 28.9 Å². The van der Waals surface area contributed by atoms with Crippen molar-refractivity contribution < 1.29 is 9.84 Å². The third kappa shape index (κ3) is 4.23. The van der Waals surface area contributed by atoms with E-state index < -0.39 is 5.60 Å². The highest BCUT2D eigenvalue weighted by Gasteiger charge is 2.37. The average molecular weight is 494 g/mol. The van der Waals surface area contributed by atoms with Gasteiger partial charge in [-0.25, -0.2) is 4.98 Å². The predicted molar refractivity (Wildman–Crippen MR) is 147 cm³/mol. The van der Waals surface area contributed by atoms with Crippen LogP contribution >= 0.6 is 0 Å². The second-order valence-electron chi connectivity index (χ2n) is 9.19. The van der Waals surface area contributed by atoms with Crippen LogP contribution in [0.4, 0.5) is 0 Å². The fourth-order valence-corrected chi connectivity index (χ4v) is 5.04. The number of aliphatic hydroxyl groups is 1. The molecule has 1 aliphatic heterocycles. The smallest absolute Gasteiger partial charge is 0.249 e. The van der Waals surface area contributed by atoms with Gasteiger partial charge in [-0.15, -0.1) is 0 Å². The molecule has 1 atom stereocenters. The van der Waals surface area contributed by atoms with Gasteiger partial charge in [0.2, 0.25) is 5.56 Å². The highest BCUT2D eigenvalue weighted by Crippen LogP contribution is 2.40. The molecule has 0 radical (unpaired) electrons. The second kappa shape index (κ2) is 9.71. The Bertz CT molecular complexity index is 1650. The Kier molecular flexibility index (Phi) is 6.44. The lowest BCUT2D eigenvalue weighted by Crippen LogP contribution is -2.31. The van der Waals surface area contributed by atoms with E-state index in [-0.39, 0.29) is 5.56 Å². The van der Waals surface area contributed by atoms with Gasteiger partial charge in [-0.1, -0.05) is 56.3 Å². The fraction of sp³-hybridized carbons (Fsp3) is 0.226. The minimum Gasteiger partial charge on any atom is -0.493 e. The number of hydrogen-bond donors (Lipinski definition) is 2. The van der Waals surface area contributed by atoms with Crippen LogP contribution in [0, 0.1) is 6.92 Å². The Labute approximate surface area is 216 Å². The van der Waals surface area contributed by atoms with Crippen molar-refractivity contribution in [3.8, 4) is 16.9 Å². The quantitative estimate of drug-likeness (QED) is 0.324. The topological polar surface area (TPSA) is 80.1 Å². The maximum atomic E-state index is 12.5. The molecule has 6 bridgehead atoms. The first kappa shape index (κ1) is 24.5. The van der Waals surface area contributed by atoms with Crippen molar-refractivity contribution in [3.63, 3.8) is 0 Å². The summed E-state index contributed by atoms with van der Waals surface area (Å²) in [5, 5.41) is 13.3. The van der Waals surface area contributed by atoms with Crippen LogP contribution in [-0.4, -0.2) is 26.2 Å². The molecule has 5 aromatic rings. The number of nitrogens with one attached hydrogen (secondary N) is 1. The monoisotopic (exact) mass is 493 g/mol. The van der Waals surface area contributed by atoms with Crippen molar-refractivity contribution in [2.75, 3.05) is 6.61 Å². The summed E-state index contributed by atoms with van der Waals surface area (Å²) >= 11 is 0. The van der Waals surface area contributed by atoms with E-state index in [0.717, 1.165) is 39.8 Å². The Morgan fingerprint density at radius 3 is 2.59 bits per heavy atom. The molecule has 1 unspecified atom stereocenters. The molecule has 3 heterocycles. The van der Waals surface area contributed by atoms with Crippen LogP contribution in [0.2, 0.25) is 0 Å². The molecule has 0 fully saturated rings. The van der Waals surface area contributed by atoms with Gasteiger partial charge >= 0.3 is 0 Å². The van der Waals surface area contributed by atoms with Gasteiger partial charge in [0.05, 0.1) is 24.8 Å². The number of nitrogens with zero attached hydrogens (tertiary/aromatic N) is 2. The number of aromatic nitrogens is 3. The lowest BCUT2D eigenvalue weighted by molar-refractivity contribution is 0.117. The number of aromatic amines is 1. The molecule has 6 rings (SSSR count). The molecular weight excluding hydrogens is 462 g/mol. The van der Waals surface area contributed by atoms with Crippen LogP contribution in [0.5, 0.6) is 5.75 Å². The first-order valence-electron chi connectivity index (χ1n) is 12.6. The first-order chi connectivity index (χ1) is 17.9. The number of pyridine rings is 1. The number of imidazole rings is 1. The predicted octanol–water partition coefficient (Wildman–Crippen LogP) is 5.48. The van der Waals surface area contributed by atoms with Gasteiger partial charge in [-0.2, -0.15) is 0 Å². The molecule has 0 amide bonds. The summed E-state index contributed by atoms with van der Waals surface area (Å²) in [5.74, 6) is 0.738. The van der Waals surface area contributed by atoms with E-state index in [1.54, 1.807) is 18.6 Å². The second-order valence-corrected chi connectivity index (χ2v) is 9.19. The van der Waals surface area contributed by atoms with E-state index in [2.05, 4.69) is 22.1 Å². The van der Waals surface area contributed by atoms with Crippen molar-refractivity contribution in [1.29, 1.82) is 0 Å². The van der Waals surface area contributed by atoms with Crippen molar-refractivity contribution in [2.24, 2.45) is 7.05 Å². The Morgan fingerprint density at radius 1 is 1.03 bits per heavy atom. The van der Waals surface area contributed by atoms with Gasteiger partial charge in [0.25, 0.3) is 0 Å². The largest absolute Gasteiger partial charge is 0.493 e. The maximum absolute atomic E-state index is 12.5. The SMILES string of the molecule is CC.Cc1ccc2cc1OCCc1cccc(c1)-c1cc(=O)[nH]c3ccc(cc13)C2(O)c1cncn1C. The lowest BCUT2D eigenvalue weighted by atomic mass is 9.82. The van der Waals surface area contributed by atoms with Crippen molar-refractivity contribution in [2.45, 2.75) is 32.8 Å². The zero-order valence-electron chi connectivity index (χ0n) is 21.6. The normalized spacial score (nSPS) is 16.5. The number of hydrogen-bond acceptors (Lipinski definition) is 4. The average Bonchev–Trinajstić information content (AvgIpc) is 3.35. The highest BCUT2D eigenvalue weighted by molar-refractivity contribution is 5.95. The van der Waals surface area contributed by atoms with Crippen molar-refractivity contribution in [3.05, 3.63) is 118 Å². The molecule has 6 nitrogen and oxygen atoms in total. The van der Waals surface area contributed by atoms with E-state index in [1.165, 1.54) is 0 Å². The first-order valence-corrected chi connectivity index (χ1v) is 12.6. The number of rotatable bonds is 1. The van der Waals surface area contributed by atoms with Crippen molar-refractivity contribution >= 4 is 10.9 Å². The molecule has 2 aromatic heterocycles. The molecule has 0 aliphatic carbocycles. The van der Waals surface area contributed by atoms with Gasteiger partial charge in [0.15, 0.2) is 5.60 Å². The summed E-state index contributed by atoms with van der Waals surface area (Å²) in [6.45, 7) is 6.50. The van der Waals surface area contributed by atoms with E-state index >= 15 is 0 Å². The summed E-state index contributed by atoms with van der Waals surface area (Å²) < 4.78 is 8.03. The van der Waals surface area contributed by atoms with Gasteiger partial charge in [0, 0.05) is 30.4 Å². The zero-order chi connectivity index (χ0) is 26.2. The van der Waals surface area contributed by atoms with E-state index in [9.17, 15) is 9.90 Å². The highest BCUT2D eigenvalue weighted by atomic mass is 16.5. The number of aryl methyl sites for hydroxylation is 2. The number of benzene rings is 3. The standard InChI is InChI=1S/C29H25N3O3.C2H6/c1-18-6-7-22-14-26(18)35-11-10-19-4-3-5-20(12-19)23-15-28(33)31-25-9-8-21(13-24(23)25)29(22,34)27-16-30-17-32(27)2;1-2/h3-9,12-17,34H,10-11H2,1-2H3,(H,31,33);1-2H3. The molecule has 37 heavy (non-hydrogen) atoms. The third-order valence-electron chi connectivity index (χ3n) is 6.94. The molecule has 6 heteroatoms. The number of fused-ring (bicyclic) bond motifs is 6. The van der Waals surface area contributed by atoms with E-state index in [4.69, 9.17) is 4.74 Å². The van der Waals surface area contributed by atoms with Gasteiger partial charge in [0.1, 0.15) is 5.75 Å². The fourth-order valence-electron chi connectivity index (χ4n) is 5.04. The molecule has 2 N–H and O–H groups in total. The van der Waals surface area contributed by atoms with Crippen LogP contribution in [0.3, 0.4) is 0 Å². The summed E-state index contributed by atoms with van der Waals surface area (Å²) in [6.07, 6.45) is 4.08. The van der Waals surface area contributed by atoms with Crippen LogP contribution in [-0.2, 0) is 19.1 Å². The molecule has 0 saturated carbocycles. The van der Waals surface area contributed by atoms with E-state index in [1.807, 2.05) is 80.9 Å². The molecule has 188 valence electrons. The van der Waals surface area contributed by atoms with Gasteiger partial charge < -0.3 is 19.4 Å². The zero-order valence-corrected chi connectivity index (χ0v) is 21.6. The molecule has 0 saturated heterocycles. The molecule has 1 aliphatic rings. The Hall–Kier alpha value is -4.16. The minimum absolute atomic E-state index is 0.167. The van der Waals surface area contributed by atoms with Crippen LogP contribution in [0.15, 0.2) is 84.0 Å². The number of ether oxygens (including phenoxy) is 1. The van der Waals surface area contributed by atoms with Gasteiger partial charge in [-0.3, -0.25) is 4.79 Å². The van der Waals surface area contributed by atoms with Crippen LogP contribution < -0.4 is 10.3 Å². The summed E-state index contributed by atoms with van der Waals surface area (Å²) in [6, 6.07) is 21.3. The maximum Gasteiger partial charge on any atom is 0.249 e. The van der Waals surface area contributed by atoms with Crippen molar-refractivity contribution in [1.82, 2.24) is 14.5 Å². The third-order valence-corrected chi connectivity index (χ3v) is 6.94. The van der Waals surface area contributed by atoms with Crippen LogP contribution in [0.25, 0.3) is 22.0 Å². The minimum atomic E-state index is -1.50. The van der Waals surface area contributed by atoms with Crippen LogP contribution in [0.1, 0.15) is 41.8 Å².